The van der Waals surface area contributed by atoms with Gasteiger partial charge in [0.2, 0.25) is 5.91 Å². The maximum Gasteiger partial charge on any atom is 0.222 e. The molecule has 0 radical (unpaired) electrons. The van der Waals surface area contributed by atoms with Crippen LogP contribution in [0.3, 0.4) is 0 Å². The highest BCUT2D eigenvalue weighted by Gasteiger charge is 2.23. The molecule has 104 valence electrons. The fourth-order valence-electron chi connectivity index (χ4n) is 2.00. The van der Waals surface area contributed by atoms with Gasteiger partial charge in [-0.1, -0.05) is 11.8 Å². The topological polar surface area (TPSA) is 96.2 Å². The second kappa shape index (κ2) is 6.07. The summed E-state index contributed by atoms with van der Waals surface area (Å²) in [5, 5.41) is 3.98. The number of nitrogen functional groups attached to an aromatic ring is 1. The highest BCUT2D eigenvalue weighted by Crippen LogP contribution is 2.19. The summed E-state index contributed by atoms with van der Waals surface area (Å²) >= 11 is 1.45. The largest absolute Gasteiger partial charge is 0.365 e. The lowest BCUT2D eigenvalue weighted by atomic mass is 10.1. The molecule has 0 spiro atoms. The third kappa shape index (κ3) is 3.48. The molecule has 1 amide bonds. The van der Waals surface area contributed by atoms with E-state index in [4.69, 9.17) is 5.84 Å². The fraction of sp³-hybridized carbons (Fsp3) is 0.545. The van der Waals surface area contributed by atoms with E-state index in [1.165, 1.54) is 11.8 Å². The predicted molar refractivity (Wildman–Crippen MR) is 75.9 cm³/mol. The molecule has 19 heavy (non-hydrogen) atoms. The summed E-state index contributed by atoms with van der Waals surface area (Å²) in [5.41, 5.74) is 2.53. The van der Waals surface area contributed by atoms with Gasteiger partial charge in [-0.2, -0.15) is 0 Å². The van der Waals surface area contributed by atoms with Crippen LogP contribution < -0.4 is 16.6 Å². The molecule has 0 aromatic carbocycles. The minimum atomic E-state index is 0.190. The first kappa shape index (κ1) is 13.9. The maximum atomic E-state index is 11.4. The van der Waals surface area contributed by atoms with E-state index in [2.05, 4.69) is 20.7 Å². The molecule has 1 aromatic rings. The Morgan fingerprint density at radius 1 is 1.47 bits per heavy atom. The molecule has 7 nitrogen and oxygen atoms in total. The lowest BCUT2D eigenvalue weighted by Gasteiger charge is -2.30. The van der Waals surface area contributed by atoms with E-state index in [9.17, 15) is 4.79 Å². The van der Waals surface area contributed by atoms with Crippen molar-refractivity contribution in [2.24, 2.45) is 5.84 Å². The molecule has 2 rings (SSSR count). The van der Waals surface area contributed by atoms with E-state index in [0.717, 1.165) is 12.2 Å². The monoisotopic (exact) mass is 282 g/mol. The molecular formula is C11H18N6OS. The summed E-state index contributed by atoms with van der Waals surface area (Å²) in [6.07, 6.45) is 3.29. The molecular weight excluding hydrogens is 264 g/mol. The molecule has 1 aliphatic heterocycles. The predicted octanol–water partition coefficient (Wildman–Crippen LogP) is 0.517. The molecule has 4 N–H and O–H groups in total. The minimum absolute atomic E-state index is 0.190. The van der Waals surface area contributed by atoms with Crippen molar-refractivity contribution in [3.63, 3.8) is 0 Å². The minimum Gasteiger partial charge on any atom is -0.365 e. The van der Waals surface area contributed by atoms with Crippen LogP contribution in [0.25, 0.3) is 0 Å². The van der Waals surface area contributed by atoms with Crippen LogP contribution in [0, 0.1) is 0 Å². The second-order valence-electron chi connectivity index (χ2n) is 4.42. The van der Waals surface area contributed by atoms with E-state index in [0.29, 0.717) is 23.9 Å². The lowest BCUT2D eigenvalue weighted by Crippen LogP contribution is -2.43. The van der Waals surface area contributed by atoms with Crippen LogP contribution in [0.5, 0.6) is 0 Å². The third-order valence-electron chi connectivity index (χ3n) is 3.01. The quantitative estimate of drug-likeness (QED) is 0.320. The normalized spacial score (nSPS) is 19.4. The summed E-state index contributed by atoms with van der Waals surface area (Å²) in [6.45, 7) is 0.683. The van der Waals surface area contributed by atoms with Crippen molar-refractivity contribution in [1.82, 2.24) is 14.9 Å². The number of hydrazine groups is 1. The first-order valence-corrected chi connectivity index (χ1v) is 7.25. The number of carbonyl (C=O) groups excluding carboxylic acids is 1. The zero-order chi connectivity index (χ0) is 13.8. The van der Waals surface area contributed by atoms with Gasteiger partial charge in [-0.25, -0.2) is 15.8 Å². The van der Waals surface area contributed by atoms with Crippen molar-refractivity contribution in [2.75, 3.05) is 30.6 Å². The molecule has 1 aliphatic rings. The zero-order valence-electron chi connectivity index (χ0n) is 11.0. The number of likely N-dealkylation sites (tertiary alicyclic amines) is 1. The number of amides is 1. The van der Waals surface area contributed by atoms with Crippen LogP contribution in [-0.4, -0.2) is 46.7 Å². The van der Waals surface area contributed by atoms with Crippen molar-refractivity contribution in [3.05, 3.63) is 6.07 Å². The van der Waals surface area contributed by atoms with Crippen LogP contribution in [0.1, 0.15) is 12.8 Å². The number of hydrogen-bond donors (Lipinski definition) is 3. The highest BCUT2D eigenvalue weighted by atomic mass is 32.2. The number of likely N-dealkylation sites (N-methyl/N-ethyl adjacent to an activating group) is 1. The average Bonchev–Trinajstić information content (AvgIpc) is 2.42. The molecule has 2 heterocycles. The van der Waals surface area contributed by atoms with Crippen LogP contribution >= 0.6 is 11.8 Å². The molecule has 1 unspecified atom stereocenters. The van der Waals surface area contributed by atoms with Crippen LogP contribution in [0.15, 0.2) is 11.2 Å². The fourth-order valence-corrected chi connectivity index (χ4v) is 2.38. The lowest BCUT2D eigenvalue weighted by molar-refractivity contribution is -0.132. The first-order valence-electron chi connectivity index (χ1n) is 6.02. The molecule has 0 aliphatic carbocycles. The van der Waals surface area contributed by atoms with Crippen molar-refractivity contribution < 1.29 is 4.79 Å². The molecule has 8 heteroatoms. The van der Waals surface area contributed by atoms with Crippen LogP contribution in [0.4, 0.5) is 11.6 Å². The van der Waals surface area contributed by atoms with Gasteiger partial charge in [0.25, 0.3) is 0 Å². The Labute approximate surface area is 116 Å². The number of piperidine rings is 1. The van der Waals surface area contributed by atoms with Gasteiger partial charge < -0.3 is 15.6 Å². The van der Waals surface area contributed by atoms with E-state index < -0.39 is 0 Å². The summed E-state index contributed by atoms with van der Waals surface area (Å²) < 4.78 is 0. The summed E-state index contributed by atoms with van der Waals surface area (Å²) in [5.74, 6) is 6.87. The van der Waals surface area contributed by atoms with Crippen LogP contribution in [-0.2, 0) is 4.79 Å². The van der Waals surface area contributed by atoms with E-state index >= 15 is 0 Å². The maximum absolute atomic E-state index is 11.4. The number of thioether (sulfide) groups is 1. The third-order valence-corrected chi connectivity index (χ3v) is 3.56. The number of rotatable bonds is 4. The Morgan fingerprint density at radius 2 is 2.21 bits per heavy atom. The van der Waals surface area contributed by atoms with Crippen molar-refractivity contribution in [1.29, 1.82) is 0 Å². The Morgan fingerprint density at radius 3 is 2.84 bits per heavy atom. The van der Waals surface area contributed by atoms with Crippen molar-refractivity contribution in [2.45, 2.75) is 24.0 Å². The summed E-state index contributed by atoms with van der Waals surface area (Å²) in [4.78, 5) is 21.8. The molecule has 0 saturated carbocycles. The zero-order valence-corrected chi connectivity index (χ0v) is 11.8. The van der Waals surface area contributed by atoms with E-state index in [-0.39, 0.29) is 11.9 Å². The number of carbonyl (C=O) groups is 1. The summed E-state index contributed by atoms with van der Waals surface area (Å²) in [6, 6.07) is 1.97. The van der Waals surface area contributed by atoms with Gasteiger partial charge >= 0.3 is 0 Å². The average molecular weight is 282 g/mol. The van der Waals surface area contributed by atoms with Gasteiger partial charge in [0.15, 0.2) is 5.16 Å². The molecule has 1 fully saturated rings. The molecule has 1 atom stereocenters. The smallest absolute Gasteiger partial charge is 0.222 e. The summed E-state index contributed by atoms with van der Waals surface area (Å²) in [7, 11) is 1.82. The molecule has 1 aromatic heterocycles. The van der Waals surface area contributed by atoms with E-state index in [1.807, 2.05) is 13.3 Å². The Bertz CT molecular complexity index is 446. The van der Waals surface area contributed by atoms with Crippen molar-refractivity contribution >= 4 is 29.3 Å². The Hall–Kier alpha value is -1.54. The van der Waals surface area contributed by atoms with Crippen LogP contribution in [0.2, 0.25) is 0 Å². The Balaban J connectivity index is 2.08. The van der Waals surface area contributed by atoms with Gasteiger partial charge in [0.1, 0.15) is 11.6 Å². The van der Waals surface area contributed by atoms with Gasteiger partial charge in [-0.05, 0) is 12.7 Å². The van der Waals surface area contributed by atoms with Crippen molar-refractivity contribution in [3.8, 4) is 0 Å². The van der Waals surface area contributed by atoms with Gasteiger partial charge in [-0.3, -0.25) is 4.79 Å². The number of nitrogens with two attached hydrogens (primary N) is 1. The van der Waals surface area contributed by atoms with E-state index in [1.54, 1.807) is 11.0 Å². The number of anilines is 2. The van der Waals surface area contributed by atoms with Gasteiger partial charge in [-0.15, -0.1) is 0 Å². The highest BCUT2D eigenvalue weighted by molar-refractivity contribution is 7.98. The number of nitrogens with zero attached hydrogens (tertiary/aromatic N) is 3. The standard InChI is InChI=1S/C11H18N6OS/c1-17-6-7(3-4-10(17)18)13-8-5-9(16-12)15-11(14-8)19-2/h5,7H,3-4,6,12H2,1-2H3,(H2,13,14,15,16). The Kier molecular flexibility index (Phi) is 4.43. The first-order chi connectivity index (χ1) is 9.12. The number of hydrogen-bond acceptors (Lipinski definition) is 7. The SMILES string of the molecule is CSc1nc(NN)cc(NC2CCC(=O)N(C)C2)n1. The molecule has 1 saturated heterocycles. The van der Waals surface area contributed by atoms with Gasteiger partial charge in [0, 0.05) is 32.1 Å². The number of aromatic nitrogens is 2. The second-order valence-corrected chi connectivity index (χ2v) is 5.20. The van der Waals surface area contributed by atoms with Gasteiger partial charge in [0.05, 0.1) is 0 Å². The number of nitrogens with one attached hydrogen (secondary N) is 2. The molecule has 0 bridgehead atoms.